The lowest BCUT2D eigenvalue weighted by molar-refractivity contribution is -0.302. The molecule has 1 fully saturated rings. The van der Waals surface area contributed by atoms with Crippen molar-refractivity contribution >= 4 is 5.91 Å². The summed E-state index contributed by atoms with van der Waals surface area (Å²) >= 11 is 0. The van der Waals surface area contributed by atoms with Gasteiger partial charge in [-0.2, -0.15) is 0 Å². The summed E-state index contributed by atoms with van der Waals surface area (Å²) in [6.45, 7) is 3.80. The number of amides is 1. The maximum Gasteiger partial charge on any atom is 0.220 e. The number of ether oxygens (including phenoxy) is 2. The number of allylic oxidation sites excluding steroid dienone is 5. The van der Waals surface area contributed by atoms with E-state index in [2.05, 4.69) is 43.5 Å². The van der Waals surface area contributed by atoms with E-state index in [1.165, 1.54) is 250 Å². The average Bonchev–Trinajstić information content (AvgIpc) is 3.39. The smallest absolute Gasteiger partial charge is 0.220 e. The standard InChI is InChI=1S/C64H121NO8/c1-3-5-7-9-11-13-15-17-19-21-23-25-26-27-28-29-30-31-32-34-35-37-39-41-43-45-47-49-51-53-58(67)57(56-72-64-63(71)62(70)61(69)59(55-66)73-64)65-60(68)54-52-50-48-46-44-42-40-38-36-33-24-22-20-18-16-14-12-10-8-6-4-2/h22,24,43,45,51,53,57-59,61-64,66-67,69-71H,3-21,23,25-42,44,46-50,52,54-56H2,1-2H3,(H,65,68)/b24-22-,45-43+,53-51+. The quantitative estimate of drug-likeness (QED) is 0.0261. The molecule has 7 atom stereocenters. The first-order valence-electron chi connectivity index (χ1n) is 31.7. The summed E-state index contributed by atoms with van der Waals surface area (Å²) < 4.78 is 11.3. The van der Waals surface area contributed by atoms with Crippen molar-refractivity contribution in [2.45, 2.75) is 352 Å². The van der Waals surface area contributed by atoms with Crippen LogP contribution in [0.1, 0.15) is 309 Å². The summed E-state index contributed by atoms with van der Waals surface area (Å²) in [7, 11) is 0. The highest BCUT2D eigenvalue weighted by Crippen LogP contribution is 2.23. The van der Waals surface area contributed by atoms with Crippen LogP contribution in [0.4, 0.5) is 0 Å². The SMILES string of the molecule is CCCCCCCCCC/C=C\CCCCCCCCCCCC(=O)NC(COC1OC(CO)C(O)C(O)C1O)C(O)/C=C/CC/C=C/CCCCCCCCCCCCCCCCCCCCCCCCC. The van der Waals surface area contributed by atoms with E-state index in [9.17, 15) is 30.3 Å². The molecule has 0 radical (unpaired) electrons. The number of nitrogens with one attached hydrogen (secondary N) is 1. The Morgan fingerprint density at radius 1 is 0.452 bits per heavy atom. The molecule has 0 aromatic carbocycles. The number of aliphatic hydroxyl groups excluding tert-OH is 5. The van der Waals surface area contributed by atoms with Crippen molar-refractivity contribution in [2.75, 3.05) is 13.2 Å². The van der Waals surface area contributed by atoms with Gasteiger partial charge in [0.25, 0.3) is 0 Å². The van der Waals surface area contributed by atoms with Crippen LogP contribution in [0, 0.1) is 0 Å². The molecule has 6 N–H and O–H groups in total. The van der Waals surface area contributed by atoms with Gasteiger partial charge in [0.1, 0.15) is 24.4 Å². The fourth-order valence-electron chi connectivity index (χ4n) is 10.2. The number of carbonyl (C=O) groups excluding carboxylic acids is 1. The normalized spacial score (nSPS) is 19.2. The van der Waals surface area contributed by atoms with E-state index in [1.54, 1.807) is 6.08 Å². The zero-order valence-corrected chi connectivity index (χ0v) is 47.9. The van der Waals surface area contributed by atoms with E-state index in [1.807, 2.05) is 6.08 Å². The Morgan fingerprint density at radius 2 is 0.781 bits per heavy atom. The van der Waals surface area contributed by atoms with E-state index >= 15 is 0 Å². The first-order valence-corrected chi connectivity index (χ1v) is 31.7. The second-order valence-electron chi connectivity index (χ2n) is 22.2. The van der Waals surface area contributed by atoms with Gasteiger partial charge in [0.2, 0.25) is 5.91 Å². The third-order valence-electron chi connectivity index (χ3n) is 15.2. The van der Waals surface area contributed by atoms with Crippen LogP contribution in [0.2, 0.25) is 0 Å². The van der Waals surface area contributed by atoms with E-state index in [0.717, 1.165) is 38.5 Å². The Bertz CT molecular complexity index is 1240. The molecule has 7 unspecified atom stereocenters. The molecule has 0 bridgehead atoms. The van der Waals surface area contributed by atoms with Crippen molar-refractivity contribution in [2.24, 2.45) is 0 Å². The molecule has 0 spiro atoms. The molecule has 0 aromatic heterocycles. The molecule has 1 amide bonds. The summed E-state index contributed by atoms with van der Waals surface area (Å²) in [6.07, 6.45) is 63.8. The molecule has 1 saturated heterocycles. The molecule has 73 heavy (non-hydrogen) atoms. The highest BCUT2D eigenvalue weighted by atomic mass is 16.7. The van der Waals surface area contributed by atoms with Crippen LogP contribution in [-0.2, 0) is 14.3 Å². The number of hydrogen-bond acceptors (Lipinski definition) is 8. The zero-order chi connectivity index (χ0) is 52.9. The summed E-state index contributed by atoms with van der Waals surface area (Å²) in [4.78, 5) is 13.1. The fourth-order valence-corrected chi connectivity index (χ4v) is 10.2. The van der Waals surface area contributed by atoms with Crippen molar-refractivity contribution in [1.29, 1.82) is 0 Å². The predicted octanol–water partition coefficient (Wildman–Crippen LogP) is 16.3. The first kappa shape index (κ1) is 69.4. The third kappa shape index (κ3) is 43.1. The van der Waals surface area contributed by atoms with E-state index in [4.69, 9.17) is 9.47 Å². The Labute approximate surface area is 451 Å². The molecule has 9 heteroatoms. The van der Waals surface area contributed by atoms with Crippen LogP contribution in [0.5, 0.6) is 0 Å². The average molecular weight is 1030 g/mol. The van der Waals surface area contributed by atoms with Gasteiger partial charge in [-0.15, -0.1) is 0 Å². The molecule has 1 aliphatic rings. The minimum absolute atomic E-state index is 0.185. The summed E-state index contributed by atoms with van der Waals surface area (Å²) in [5.74, 6) is -0.185. The summed E-state index contributed by atoms with van der Waals surface area (Å²) in [5, 5.41) is 54.6. The molecule has 1 heterocycles. The highest BCUT2D eigenvalue weighted by molar-refractivity contribution is 5.76. The summed E-state index contributed by atoms with van der Waals surface area (Å²) in [5.41, 5.74) is 0. The molecule has 9 nitrogen and oxygen atoms in total. The fraction of sp³-hybridized carbons (Fsp3) is 0.891. The predicted molar refractivity (Wildman–Crippen MR) is 309 cm³/mol. The lowest BCUT2D eigenvalue weighted by Crippen LogP contribution is -2.60. The van der Waals surface area contributed by atoms with E-state index in [0.29, 0.717) is 6.42 Å². The maximum atomic E-state index is 13.1. The van der Waals surface area contributed by atoms with Crippen molar-refractivity contribution < 1.29 is 39.8 Å². The Balaban J connectivity index is 2.20. The van der Waals surface area contributed by atoms with Gasteiger partial charge in [0.05, 0.1) is 25.4 Å². The number of rotatable bonds is 55. The lowest BCUT2D eigenvalue weighted by Gasteiger charge is -2.40. The number of aliphatic hydroxyl groups is 5. The molecular weight excluding hydrogens is 911 g/mol. The van der Waals surface area contributed by atoms with Gasteiger partial charge in [-0.05, 0) is 57.8 Å². The van der Waals surface area contributed by atoms with Gasteiger partial charge in [-0.3, -0.25) is 4.79 Å². The monoisotopic (exact) mass is 1030 g/mol. The van der Waals surface area contributed by atoms with Crippen molar-refractivity contribution in [1.82, 2.24) is 5.32 Å². The second kappa shape index (κ2) is 53.8. The van der Waals surface area contributed by atoms with E-state index < -0.39 is 49.5 Å². The van der Waals surface area contributed by atoms with Gasteiger partial charge in [-0.25, -0.2) is 0 Å². The molecule has 1 rings (SSSR count). The highest BCUT2D eigenvalue weighted by Gasteiger charge is 2.44. The van der Waals surface area contributed by atoms with Crippen molar-refractivity contribution in [3.63, 3.8) is 0 Å². The number of unbranched alkanes of at least 4 members (excludes halogenated alkanes) is 41. The molecule has 0 aromatic rings. The molecule has 0 saturated carbocycles. The minimum atomic E-state index is -1.57. The van der Waals surface area contributed by atoms with Gasteiger partial charge >= 0.3 is 0 Å². The molecule has 430 valence electrons. The van der Waals surface area contributed by atoms with Gasteiger partial charge in [0.15, 0.2) is 6.29 Å². The van der Waals surface area contributed by atoms with Gasteiger partial charge in [0, 0.05) is 6.42 Å². The number of hydrogen-bond donors (Lipinski definition) is 6. The minimum Gasteiger partial charge on any atom is -0.394 e. The van der Waals surface area contributed by atoms with Crippen molar-refractivity contribution in [3.05, 3.63) is 36.5 Å². The Hall–Kier alpha value is -1.59. The zero-order valence-electron chi connectivity index (χ0n) is 47.9. The molecule has 0 aliphatic carbocycles. The molecule has 1 aliphatic heterocycles. The number of carbonyl (C=O) groups is 1. The topological polar surface area (TPSA) is 149 Å². The first-order chi connectivity index (χ1) is 35.8. The van der Waals surface area contributed by atoms with Crippen LogP contribution in [0.15, 0.2) is 36.5 Å². The molecular formula is C64H121NO8. The Kier molecular flexibility index (Phi) is 51.2. The van der Waals surface area contributed by atoms with Crippen molar-refractivity contribution in [3.8, 4) is 0 Å². The second-order valence-corrected chi connectivity index (χ2v) is 22.2. The van der Waals surface area contributed by atoms with Crippen LogP contribution >= 0.6 is 0 Å². The van der Waals surface area contributed by atoms with E-state index in [-0.39, 0.29) is 12.5 Å². The van der Waals surface area contributed by atoms with Crippen LogP contribution < -0.4 is 5.32 Å². The van der Waals surface area contributed by atoms with Crippen LogP contribution in [0.3, 0.4) is 0 Å². The maximum absolute atomic E-state index is 13.1. The summed E-state index contributed by atoms with van der Waals surface area (Å²) in [6, 6.07) is -0.823. The Morgan fingerprint density at radius 3 is 1.15 bits per heavy atom. The van der Waals surface area contributed by atoms with Crippen LogP contribution in [0.25, 0.3) is 0 Å². The van der Waals surface area contributed by atoms with Gasteiger partial charge in [-0.1, -0.05) is 281 Å². The van der Waals surface area contributed by atoms with Gasteiger partial charge < -0.3 is 40.3 Å². The largest absolute Gasteiger partial charge is 0.394 e. The van der Waals surface area contributed by atoms with Crippen LogP contribution in [-0.4, -0.2) is 87.5 Å². The third-order valence-corrected chi connectivity index (χ3v) is 15.2. The lowest BCUT2D eigenvalue weighted by atomic mass is 9.99.